The van der Waals surface area contributed by atoms with Gasteiger partial charge in [0.15, 0.2) is 11.3 Å². The van der Waals surface area contributed by atoms with Crippen LogP contribution in [0.5, 0.6) is 0 Å². The lowest BCUT2D eigenvalue weighted by molar-refractivity contribution is 0.0731. The monoisotopic (exact) mass is 482 g/mol. The van der Waals surface area contributed by atoms with E-state index in [2.05, 4.69) is 4.72 Å². The van der Waals surface area contributed by atoms with Crippen molar-refractivity contribution in [3.63, 3.8) is 0 Å². The van der Waals surface area contributed by atoms with E-state index in [1.165, 1.54) is 5.56 Å². The van der Waals surface area contributed by atoms with Gasteiger partial charge in [0.05, 0.1) is 0 Å². The van der Waals surface area contributed by atoms with Crippen molar-refractivity contribution in [2.24, 2.45) is 0 Å². The van der Waals surface area contributed by atoms with Crippen LogP contribution >= 0.6 is 0 Å². The minimum atomic E-state index is -3.82. The molecule has 0 unspecified atom stereocenters. The van der Waals surface area contributed by atoms with Gasteiger partial charge >= 0.3 is 0 Å². The van der Waals surface area contributed by atoms with E-state index in [1.807, 2.05) is 55.1 Å². The highest BCUT2D eigenvalue weighted by Gasteiger charge is 2.29. The standard InChI is InChI=1S/C27H34N2O4S/c1-19-18-23-21(3)24(27(30)29-16-9-4-5-10-17-29)33-25(23)26(20(19)2)34(31,32)28-15-11-14-22-12-7-6-8-13-22/h6-8,12-13,18,28H,4-5,9-11,14-17H2,1-3H3. The van der Waals surface area contributed by atoms with Gasteiger partial charge in [-0.15, -0.1) is 0 Å². The van der Waals surface area contributed by atoms with Crippen LogP contribution in [0.1, 0.15) is 64.9 Å². The van der Waals surface area contributed by atoms with Crippen LogP contribution in [-0.4, -0.2) is 38.9 Å². The van der Waals surface area contributed by atoms with E-state index in [1.54, 1.807) is 6.92 Å². The molecule has 1 aromatic heterocycles. The molecular weight excluding hydrogens is 448 g/mol. The van der Waals surface area contributed by atoms with Crippen molar-refractivity contribution in [1.82, 2.24) is 9.62 Å². The fourth-order valence-electron chi connectivity index (χ4n) is 4.70. The molecule has 1 amide bonds. The van der Waals surface area contributed by atoms with Crippen LogP contribution < -0.4 is 4.72 Å². The summed E-state index contributed by atoms with van der Waals surface area (Å²) in [6.45, 7) is 7.27. The van der Waals surface area contributed by atoms with E-state index in [0.717, 1.165) is 37.7 Å². The molecule has 1 aliphatic rings. The van der Waals surface area contributed by atoms with E-state index in [4.69, 9.17) is 4.42 Å². The van der Waals surface area contributed by atoms with E-state index < -0.39 is 10.0 Å². The first-order valence-corrected chi connectivity index (χ1v) is 13.6. The molecule has 2 aromatic carbocycles. The molecule has 1 saturated heterocycles. The smallest absolute Gasteiger partial charge is 0.289 e. The Morgan fingerprint density at radius 1 is 1.00 bits per heavy atom. The molecule has 34 heavy (non-hydrogen) atoms. The summed E-state index contributed by atoms with van der Waals surface area (Å²) in [6.07, 6.45) is 5.69. The number of hydrogen-bond donors (Lipinski definition) is 1. The van der Waals surface area contributed by atoms with Crippen LogP contribution in [-0.2, 0) is 16.4 Å². The Morgan fingerprint density at radius 2 is 1.68 bits per heavy atom. The number of aryl methyl sites for hydroxylation is 3. The topological polar surface area (TPSA) is 79.6 Å². The van der Waals surface area contributed by atoms with Crippen molar-refractivity contribution >= 4 is 26.9 Å². The number of hydrogen-bond acceptors (Lipinski definition) is 4. The zero-order valence-corrected chi connectivity index (χ0v) is 21.1. The highest BCUT2D eigenvalue weighted by Crippen LogP contribution is 2.35. The summed E-state index contributed by atoms with van der Waals surface area (Å²) in [5.74, 6) is 0.104. The molecule has 1 N–H and O–H groups in total. The van der Waals surface area contributed by atoms with E-state index in [0.29, 0.717) is 42.6 Å². The summed E-state index contributed by atoms with van der Waals surface area (Å²) in [4.78, 5) is 15.3. The molecule has 7 heteroatoms. The van der Waals surface area contributed by atoms with Crippen molar-refractivity contribution in [2.75, 3.05) is 19.6 Å². The van der Waals surface area contributed by atoms with Gasteiger partial charge < -0.3 is 9.32 Å². The van der Waals surface area contributed by atoms with Crippen LogP contribution in [0.2, 0.25) is 0 Å². The molecule has 6 nitrogen and oxygen atoms in total. The summed E-state index contributed by atoms with van der Waals surface area (Å²) < 4.78 is 35.6. The zero-order valence-electron chi connectivity index (χ0n) is 20.3. The summed E-state index contributed by atoms with van der Waals surface area (Å²) in [5, 5.41) is 0.686. The molecule has 0 spiro atoms. The molecule has 3 aromatic rings. The number of fused-ring (bicyclic) bond motifs is 1. The number of sulfonamides is 1. The maximum absolute atomic E-state index is 13.4. The Morgan fingerprint density at radius 3 is 2.35 bits per heavy atom. The number of furan rings is 1. The molecule has 0 radical (unpaired) electrons. The zero-order chi connectivity index (χ0) is 24.3. The molecule has 1 fully saturated rings. The Balaban J connectivity index is 1.63. The van der Waals surface area contributed by atoms with Crippen molar-refractivity contribution < 1.29 is 17.6 Å². The fraction of sp³-hybridized carbons (Fsp3) is 0.444. The lowest BCUT2D eigenvalue weighted by atomic mass is 10.0. The highest BCUT2D eigenvalue weighted by atomic mass is 32.2. The summed E-state index contributed by atoms with van der Waals surface area (Å²) in [6, 6.07) is 11.9. The largest absolute Gasteiger partial charge is 0.449 e. The van der Waals surface area contributed by atoms with Gasteiger partial charge in [0.25, 0.3) is 5.91 Å². The van der Waals surface area contributed by atoms with Crippen molar-refractivity contribution in [3.05, 3.63) is 64.4 Å². The van der Waals surface area contributed by atoms with Crippen LogP contribution in [0.4, 0.5) is 0 Å². The fourth-order valence-corrected chi connectivity index (χ4v) is 6.22. The van der Waals surface area contributed by atoms with E-state index >= 15 is 0 Å². The number of nitrogens with zero attached hydrogens (tertiary/aromatic N) is 1. The maximum atomic E-state index is 13.4. The Bertz CT molecular complexity index is 1270. The second-order valence-electron chi connectivity index (χ2n) is 9.27. The number of carbonyl (C=O) groups is 1. The van der Waals surface area contributed by atoms with E-state index in [-0.39, 0.29) is 22.1 Å². The van der Waals surface area contributed by atoms with E-state index in [9.17, 15) is 13.2 Å². The minimum absolute atomic E-state index is 0.139. The number of amides is 1. The lowest BCUT2D eigenvalue weighted by Gasteiger charge is -2.19. The van der Waals surface area contributed by atoms with Gasteiger partial charge in [0.1, 0.15) is 4.90 Å². The number of benzene rings is 2. The van der Waals surface area contributed by atoms with Gasteiger partial charge in [-0.1, -0.05) is 43.2 Å². The molecular formula is C27H34N2O4S. The lowest BCUT2D eigenvalue weighted by Crippen LogP contribution is -2.31. The van der Waals surface area contributed by atoms with Gasteiger partial charge in [-0.25, -0.2) is 13.1 Å². The minimum Gasteiger partial charge on any atom is -0.449 e. The van der Waals surface area contributed by atoms with Gasteiger partial charge in [-0.2, -0.15) is 0 Å². The van der Waals surface area contributed by atoms with Crippen LogP contribution in [0.25, 0.3) is 11.0 Å². The van der Waals surface area contributed by atoms with Crippen LogP contribution in [0, 0.1) is 20.8 Å². The third-order valence-electron chi connectivity index (χ3n) is 6.83. The summed E-state index contributed by atoms with van der Waals surface area (Å²) in [7, 11) is -3.82. The number of likely N-dealkylation sites (tertiary alicyclic amines) is 1. The van der Waals surface area contributed by atoms with Gasteiger partial charge in [-0.3, -0.25) is 4.79 Å². The number of carbonyl (C=O) groups excluding carboxylic acids is 1. The molecule has 182 valence electrons. The Hall–Kier alpha value is -2.64. The summed E-state index contributed by atoms with van der Waals surface area (Å²) in [5.41, 5.74) is 3.65. The Kier molecular flexibility index (Phi) is 7.43. The second kappa shape index (κ2) is 10.3. The SMILES string of the molecule is Cc1cc2c(C)c(C(=O)N3CCCCCC3)oc2c(S(=O)(=O)NCCCc2ccccc2)c1C. The quantitative estimate of drug-likeness (QED) is 0.464. The third-order valence-corrected chi connectivity index (χ3v) is 8.44. The van der Waals surface area contributed by atoms with Crippen molar-refractivity contribution in [3.8, 4) is 0 Å². The molecule has 0 saturated carbocycles. The average molecular weight is 483 g/mol. The first-order chi connectivity index (χ1) is 16.3. The van der Waals surface area contributed by atoms with Gasteiger partial charge in [-0.05, 0) is 69.2 Å². The molecule has 1 aliphatic heterocycles. The predicted octanol–water partition coefficient (Wildman–Crippen LogP) is 5.29. The summed E-state index contributed by atoms with van der Waals surface area (Å²) >= 11 is 0. The normalized spacial score (nSPS) is 15.0. The third kappa shape index (κ3) is 5.05. The van der Waals surface area contributed by atoms with Crippen LogP contribution in [0.3, 0.4) is 0 Å². The number of nitrogens with one attached hydrogen (secondary N) is 1. The molecule has 2 heterocycles. The second-order valence-corrected chi connectivity index (χ2v) is 11.0. The molecule has 4 rings (SSSR count). The van der Waals surface area contributed by atoms with Crippen molar-refractivity contribution in [1.29, 1.82) is 0 Å². The van der Waals surface area contributed by atoms with Gasteiger partial charge in [0, 0.05) is 30.6 Å². The first kappa shape index (κ1) is 24.5. The molecule has 0 bridgehead atoms. The van der Waals surface area contributed by atoms with Crippen LogP contribution in [0.15, 0.2) is 45.7 Å². The molecule has 0 aliphatic carbocycles. The number of rotatable bonds is 7. The maximum Gasteiger partial charge on any atom is 0.289 e. The highest BCUT2D eigenvalue weighted by molar-refractivity contribution is 7.89. The predicted molar refractivity (Wildman–Crippen MR) is 135 cm³/mol. The Labute approximate surface area is 202 Å². The average Bonchev–Trinajstić information content (AvgIpc) is 2.99. The van der Waals surface area contributed by atoms with Gasteiger partial charge in [0.2, 0.25) is 10.0 Å². The van der Waals surface area contributed by atoms with Crippen molar-refractivity contribution in [2.45, 2.75) is 64.2 Å². The first-order valence-electron chi connectivity index (χ1n) is 12.2. The molecule has 0 atom stereocenters.